The van der Waals surface area contributed by atoms with Crippen LogP contribution in [-0.2, 0) is 4.79 Å². The molecule has 0 radical (unpaired) electrons. The summed E-state index contributed by atoms with van der Waals surface area (Å²) < 4.78 is 6.32. The number of anilines is 1. The van der Waals surface area contributed by atoms with Crippen molar-refractivity contribution in [1.29, 1.82) is 0 Å². The average Bonchev–Trinajstić information content (AvgIpc) is 2.93. The van der Waals surface area contributed by atoms with Crippen molar-refractivity contribution >= 4 is 50.3 Å². The van der Waals surface area contributed by atoms with Gasteiger partial charge < -0.3 is 4.42 Å². The minimum Gasteiger partial charge on any atom is -0.463 e. The van der Waals surface area contributed by atoms with Gasteiger partial charge in [0.15, 0.2) is 5.43 Å². The van der Waals surface area contributed by atoms with E-state index < -0.39 is 0 Å². The molecule has 0 saturated carbocycles. The van der Waals surface area contributed by atoms with Gasteiger partial charge in [0.1, 0.15) is 11.8 Å². The number of nitrogens with zero attached hydrogens (tertiary/aromatic N) is 2. The fourth-order valence-electron chi connectivity index (χ4n) is 2.80. The fourth-order valence-corrected chi connectivity index (χ4v) is 3.16. The Hall–Kier alpha value is -2.99. The van der Waals surface area contributed by atoms with Crippen molar-refractivity contribution in [3.8, 4) is 0 Å². The predicted molar refractivity (Wildman–Crippen MR) is 105 cm³/mol. The highest BCUT2D eigenvalue weighted by molar-refractivity contribution is 9.10. The molecular formula is C20H13BrN2O3. The van der Waals surface area contributed by atoms with Crippen molar-refractivity contribution in [2.45, 2.75) is 6.92 Å². The molecule has 128 valence electrons. The summed E-state index contributed by atoms with van der Waals surface area (Å²) in [6.45, 7) is 1.74. The molecule has 4 rings (SSSR count). The van der Waals surface area contributed by atoms with Gasteiger partial charge in [-0.1, -0.05) is 34.1 Å². The molecule has 0 fully saturated rings. The van der Waals surface area contributed by atoms with E-state index in [0.29, 0.717) is 33.5 Å². The minimum atomic E-state index is -0.276. The van der Waals surface area contributed by atoms with Gasteiger partial charge in [-0.25, -0.2) is 0 Å². The van der Waals surface area contributed by atoms with Gasteiger partial charge in [0, 0.05) is 4.47 Å². The van der Waals surface area contributed by atoms with Crippen LogP contribution in [0, 0.1) is 0 Å². The SMILES string of the molecule is CC1=NN(c2ccccc2)C(=O)/C1=C\c1coc2ccc(Br)cc2c1=O. The Kier molecular flexibility index (Phi) is 4.05. The number of fused-ring (bicyclic) bond motifs is 1. The monoisotopic (exact) mass is 408 g/mol. The lowest BCUT2D eigenvalue weighted by molar-refractivity contribution is -0.114. The van der Waals surface area contributed by atoms with Gasteiger partial charge in [0.25, 0.3) is 5.91 Å². The summed E-state index contributed by atoms with van der Waals surface area (Å²) in [5, 5.41) is 6.10. The molecule has 5 nitrogen and oxygen atoms in total. The standard InChI is InChI=1S/C20H13BrN2O3/c1-12-16(20(25)23(22-12)15-5-3-2-4-6-15)9-13-11-26-18-8-7-14(21)10-17(18)19(13)24/h2-11H,1H3/b16-9-. The molecule has 6 heteroatoms. The second kappa shape index (κ2) is 6.38. The van der Waals surface area contributed by atoms with E-state index in [1.807, 2.05) is 18.2 Å². The minimum absolute atomic E-state index is 0.196. The van der Waals surface area contributed by atoms with Crippen molar-refractivity contribution in [2.24, 2.45) is 5.10 Å². The first-order chi connectivity index (χ1) is 12.5. The smallest absolute Gasteiger partial charge is 0.280 e. The number of hydrogen-bond donors (Lipinski definition) is 0. The van der Waals surface area contributed by atoms with Crippen LogP contribution >= 0.6 is 15.9 Å². The van der Waals surface area contributed by atoms with E-state index in [9.17, 15) is 9.59 Å². The highest BCUT2D eigenvalue weighted by Crippen LogP contribution is 2.25. The number of halogens is 1. The molecule has 1 aliphatic heterocycles. The lowest BCUT2D eigenvalue weighted by atomic mass is 10.1. The predicted octanol–water partition coefficient (Wildman–Crippen LogP) is 4.36. The number of para-hydroxylation sites is 1. The Bertz CT molecular complexity index is 1150. The molecule has 0 spiro atoms. The summed E-state index contributed by atoms with van der Waals surface area (Å²) in [6, 6.07) is 14.4. The zero-order chi connectivity index (χ0) is 18.3. The molecular weight excluding hydrogens is 396 g/mol. The highest BCUT2D eigenvalue weighted by atomic mass is 79.9. The van der Waals surface area contributed by atoms with Crippen LogP contribution in [0.2, 0.25) is 0 Å². The van der Waals surface area contributed by atoms with Crippen LogP contribution in [0.15, 0.2) is 79.2 Å². The molecule has 0 aliphatic carbocycles. The van der Waals surface area contributed by atoms with Crippen LogP contribution in [0.3, 0.4) is 0 Å². The van der Waals surface area contributed by atoms with E-state index in [0.717, 1.165) is 4.47 Å². The van der Waals surface area contributed by atoms with E-state index in [4.69, 9.17) is 4.42 Å². The first-order valence-corrected chi connectivity index (χ1v) is 8.72. The maximum absolute atomic E-state index is 12.8. The Morgan fingerprint density at radius 3 is 2.65 bits per heavy atom. The lowest BCUT2D eigenvalue weighted by Crippen LogP contribution is -2.21. The van der Waals surface area contributed by atoms with E-state index in [1.54, 1.807) is 37.3 Å². The van der Waals surface area contributed by atoms with Gasteiger partial charge in [0.05, 0.1) is 27.9 Å². The zero-order valence-corrected chi connectivity index (χ0v) is 15.4. The second-order valence-electron chi connectivity index (χ2n) is 5.86. The number of carbonyl (C=O) groups excluding carboxylic acids is 1. The Balaban J connectivity index is 1.79. The van der Waals surface area contributed by atoms with Gasteiger partial charge in [0.2, 0.25) is 0 Å². The summed E-state index contributed by atoms with van der Waals surface area (Å²) >= 11 is 3.36. The first-order valence-electron chi connectivity index (χ1n) is 7.92. The first kappa shape index (κ1) is 16.5. The summed E-state index contributed by atoms with van der Waals surface area (Å²) in [4.78, 5) is 25.5. The maximum atomic E-state index is 12.8. The molecule has 0 atom stereocenters. The molecule has 26 heavy (non-hydrogen) atoms. The third-order valence-corrected chi connectivity index (χ3v) is 4.62. The third kappa shape index (κ3) is 2.78. The van der Waals surface area contributed by atoms with Crippen LogP contribution in [0.5, 0.6) is 0 Å². The summed E-state index contributed by atoms with van der Waals surface area (Å²) in [7, 11) is 0. The molecule has 0 unspecified atom stereocenters. The summed E-state index contributed by atoms with van der Waals surface area (Å²) in [5.74, 6) is -0.276. The van der Waals surface area contributed by atoms with E-state index in [-0.39, 0.29) is 11.3 Å². The van der Waals surface area contributed by atoms with Gasteiger partial charge in [-0.3, -0.25) is 9.59 Å². The molecule has 1 aliphatic rings. The Labute approximate surface area is 157 Å². The number of hydrogen-bond acceptors (Lipinski definition) is 4. The molecule has 0 N–H and O–H groups in total. The number of amides is 1. The van der Waals surface area contributed by atoms with Crippen LogP contribution in [0.1, 0.15) is 12.5 Å². The van der Waals surface area contributed by atoms with Crippen LogP contribution < -0.4 is 10.4 Å². The maximum Gasteiger partial charge on any atom is 0.280 e. The van der Waals surface area contributed by atoms with Crippen molar-refractivity contribution in [3.63, 3.8) is 0 Å². The Morgan fingerprint density at radius 2 is 1.88 bits per heavy atom. The molecule has 1 aromatic heterocycles. The topological polar surface area (TPSA) is 62.9 Å². The highest BCUT2D eigenvalue weighted by Gasteiger charge is 2.28. The molecule has 3 aromatic rings. The number of rotatable bonds is 2. The van der Waals surface area contributed by atoms with Crippen molar-refractivity contribution in [3.05, 3.63) is 80.6 Å². The average molecular weight is 409 g/mol. The molecule has 2 heterocycles. The van der Waals surface area contributed by atoms with Crippen LogP contribution in [-0.4, -0.2) is 11.6 Å². The van der Waals surface area contributed by atoms with E-state index >= 15 is 0 Å². The quantitative estimate of drug-likeness (QED) is 0.591. The molecule has 0 saturated heterocycles. The van der Waals surface area contributed by atoms with E-state index in [2.05, 4.69) is 21.0 Å². The Morgan fingerprint density at radius 1 is 1.12 bits per heavy atom. The summed E-state index contributed by atoms with van der Waals surface area (Å²) in [6.07, 6.45) is 2.91. The second-order valence-corrected chi connectivity index (χ2v) is 6.77. The molecule has 1 amide bonds. The molecule has 2 aromatic carbocycles. The van der Waals surface area contributed by atoms with E-state index in [1.165, 1.54) is 17.3 Å². The number of benzene rings is 2. The number of hydrazone groups is 1. The summed E-state index contributed by atoms with van der Waals surface area (Å²) in [5.41, 5.74) is 2.20. The zero-order valence-electron chi connectivity index (χ0n) is 13.8. The van der Waals surface area contributed by atoms with Gasteiger partial charge >= 0.3 is 0 Å². The van der Waals surface area contributed by atoms with Crippen molar-refractivity contribution in [1.82, 2.24) is 0 Å². The van der Waals surface area contributed by atoms with Crippen molar-refractivity contribution in [2.75, 3.05) is 5.01 Å². The lowest BCUT2D eigenvalue weighted by Gasteiger charge is -2.10. The van der Waals surface area contributed by atoms with Gasteiger partial charge in [-0.05, 0) is 43.3 Å². The van der Waals surface area contributed by atoms with Crippen molar-refractivity contribution < 1.29 is 9.21 Å². The number of carbonyl (C=O) groups is 1. The normalized spacial score (nSPS) is 15.8. The van der Waals surface area contributed by atoms with Gasteiger partial charge in [-0.2, -0.15) is 10.1 Å². The largest absolute Gasteiger partial charge is 0.463 e. The van der Waals surface area contributed by atoms with Crippen LogP contribution in [0.4, 0.5) is 5.69 Å². The van der Waals surface area contributed by atoms with Gasteiger partial charge in [-0.15, -0.1) is 0 Å². The van der Waals surface area contributed by atoms with Crippen LogP contribution in [0.25, 0.3) is 17.0 Å². The molecule has 0 bridgehead atoms. The fraction of sp³-hybridized carbons (Fsp3) is 0.0500. The third-order valence-electron chi connectivity index (χ3n) is 4.12.